The highest BCUT2D eigenvalue weighted by Crippen LogP contribution is 2.43. The molecule has 106 valence electrons. The molecule has 0 aliphatic heterocycles. The minimum atomic E-state index is -4.41. The van der Waals surface area contributed by atoms with E-state index in [9.17, 15) is 13.2 Å². The van der Waals surface area contributed by atoms with Gasteiger partial charge in [0, 0.05) is 5.54 Å². The van der Waals surface area contributed by atoms with Crippen LogP contribution in [-0.4, -0.2) is 7.11 Å². The molecule has 5 heteroatoms. The zero-order valence-corrected chi connectivity index (χ0v) is 10.9. The summed E-state index contributed by atoms with van der Waals surface area (Å²) in [4.78, 5) is 0. The summed E-state index contributed by atoms with van der Waals surface area (Å²) >= 11 is 0. The van der Waals surface area contributed by atoms with Crippen molar-refractivity contribution in [1.82, 2.24) is 0 Å². The Labute approximate surface area is 110 Å². The fraction of sp³-hybridized carbons (Fsp3) is 0.571. The predicted octanol–water partition coefficient (Wildman–Crippen LogP) is 3.83. The minimum absolute atomic E-state index is 0.195. The van der Waals surface area contributed by atoms with E-state index in [-0.39, 0.29) is 11.3 Å². The van der Waals surface area contributed by atoms with Gasteiger partial charge in [0.1, 0.15) is 5.75 Å². The van der Waals surface area contributed by atoms with Gasteiger partial charge in [0.05, 0.1) is 12.7 Å². The van der Waals surface area contributed by atoms with Crippen LogP contribution in [0.1, 0.15) is 43.2 Å². The minimum Gasteiger partial charge on any atom is -0.497 e. The van der Waals surface area contributed by atoms with E-state index in [0.717, 1.165) is 25.3 Å². The summed E-state index contributed by atoms with van der Waals surface area (Å²) in [5.74, 6) is 0.204. The van der Waals surface area contributed by atoms with Crippen molar-refractivity contribution in [2.24, 2.45) is 5.73 Å². The summed E-state index contributed by atoms with van der Waals surface area (Å²) in [6.07, 6.45) is -0.422. The Bertz CT molecular complexity index is 450. The van der Waals surface area contributed by atoms with Gasteiger partial charge in [-0.1, -0.05) is 25.3 Å². The van der Waals surface area contributed by atoms with Gasteiger partial charge in [0.2, 0.25) is 0 Å². The highest BCUT2D eigenvalue weighted by atomic mass is 19.4. The molecule has 1 aliphatic rings. The third-order valence-electron chi connectivity index (χ3n) is 3.81. The molecule has 0 saturated heterocycles. The lowest BCUT2D eigenvalue weighted by Crippen LogP contribution is -2.40. The van der Waals surface area contributed by atoms with Crippen molar-refractivity contribution >= 4 is 0 Å². The normalized spacial score (nSPS) is 19.2. The van der Waals surface area contributed by atoms with Crippen molar-refractivity contribution in [3.8, 4) is 5.75 Å². The number of hydrogen-bond donors (Lipinski definition) is 1. The molecule has 1 fully saturated rings. The fourth-order valence-electron chi connectivity index (χ4n) is 2.77. The lowest BCUT2D eigenvalue weighted by molar-refractivity contribution is -0.139. The third kappa shape index (κ3) is 2.86. The molecule has 0 radical (unpaired) electrons. The Kier molecular flexibility index (Phi) is 3.76. The first-order valence-electron chi connectivity index (χ1n) is 6.41. The van der Waals surface area contributed by atoms with Crippen LogP contribution in [0.2, 0.25) is 0 Å². The van der Waals surface area contributed by atoms with Crippen molar-refractivity contribution in [2.45, 2.75) is 43.8 Å². The molecule has 0 heterocycles. The van der Waals surface area contributed by atoms with E-state index in [0.29, 0.717) is 12.8 Å². The number of nitrogens with two attached hydrogens (primary N) is 1. The first-order valence-corrected chi connectivity index (χ1v) is 6.41. The van der Waals surface area contributed by atoms with Gasteiger partial charge >= 0.3 is 6.18 Å². The van der Waals surface area contributed by atoms with Gasteiger partial charge in [-0.15, -0.1) is 0 Å². The highest BCUT2D eigenvalue weighted by Gasteiger charge is 2.40. The van der Waals surface area contributed by atoms with Crippen LogP contribution in [0.4, 0.5) is 13.2 Å². The second-order valence-electron chi connectivity index (χ2n) is 5.13. The van der Waals surface area contributed by atoms with E-state index in [1.54, 1.807) is 6.07 Å². The maximum Gasteiger partial charge on any atom is 0.416 e. The van der Waals surface area contributed by atoms with Crippen LogP contribution in [-0.2, 0) is 11.7 Å². The van der Waals surface area contributed by atoms with Gasteiger partial charge in [-0.05, 0) is 30.5 Å². The van der Waals surface area contributed by atoms with Crippen molar-refractivity contribution in [3.63, 3.8) is 0 Å². The molecule has 2 nitrogen and oxygen atoms in total. The Hall–Kier alpha value is -1.23. The molecule has 19 heavy (non-hydrogen) atoms. The Morgan fingerprint density at radius 3 is 2.32 bits per heavy atom. The van der Waals surface area contributed by atoms with Gasteiger partial charge in [-0.25, -0.2) is 0 Å². The zero-order valence-electron chi connectivity index (χ0n) is 10.9. The molecule has 0 bridgehead atoms. The molecule has 2 rings (SSSR count). The molecular weight excluding hydrogens is 255 g/mol. The Morgan fingerprint density at radius 2 is 1.79 bits per heavy atom. The largest absolute Gasteiger partial charge is 0.497 e. The van der Waals surface area contributed by atoms with Crippen LogP contribution >= 0.6 is 0 Å². The topological polar surface area (TPSA) is 35.2 Å². The standard InChI is InChI=1S/C14H18F3NO/c1-19-10-5-6-11(12(9-10)14(15,16)17)13(18)7-3-2-4-8-13/h5-6,9H,2-4,7-8,18H2,1H3. The van der Waals surface area contributed by atoms with Crippen LogP contribution in [0, 0.1) is 0 Å². The molecule has 1 aromatic rings. The van der Waals surface area contributed by atoms with E-state index in [1.807, 2.05) is 0 Å². The van der Waals surface area contributed by atoms with Crippen LogP contribution in [0.15, 0.2) is 18.2 Å². The molecule has 1 saturated carbocycles. The molecule has 1 aromatic carbocycles. The van der Waals surface area contributed by atoms with Gasteiger partial charge in [0.15, 0.2) is 0 Å². The maximum atomic E-state index is 13.2. The van der Waals surface area contributed by atoms with Crippen LogP contribution in [0.25, 0.3) is 0 Å². The highest BCUT2D eigenvalue weighted by molar-refractivity contribution is 5.41. The predicted molar refractivity (Wildman–Crippen MR) is 66.9 cm³/mol. The van der Waals surface area contributed by atoms with Crippen molar-refractivity contribution in [2.75, 3.05) is 7.11 Å². The summed E-state index contributed by atoms with van der Waals surface area (Å²) in [6, 6.07) is 4.05. The molecule has 0 aromatic heterocycles. The molecular formula is C14H18F3NO. The Balaban J connectivity index is 2.49. The first kappa shape index (κ1) is 14.2. The second kappa shape index (κ2) is 5.04. The average molecular weight is 273 g/mol. The monoisotopic (exact) mass is 273 g/mol. The Morgan fingerprint density at radius 1 is 1.16 bits per heavy atom. The average Bonchev–Trinajstić information content (AvgIpc) is 2.38. The van der Waals surface area contributed by atoms with Crippen LogP contribution in [0.3, 0.4) is 0 Å². The van der Waals surface area contributed by atoms with Gasteiger partial charge < -0.3 is 10.5 Å². The second-order valence-corrected chi connectivity index (χ2v) is 5.13. The lowest BCUT2D eigenvalue weighted by atomic mass is 9.75. The van der Waals surface area contributed by atoms with E-state index in [2.05, 4.69) is 0 Å². The molecule has 2 N–H and O–H groups in total. The van der Waals surface area contributed by atoms with Crippen LogP contribution in [0.5, 0.6) is 5.75 Å². The molecule has 0 atom stereocenters. The molecule has 0 unspecified atom stereocenters. The third-order valence-corrected chi connectivity index (χ3v) is 3.81. The zero-order chi connectivity index (χ0) is 14.1. The van der Waals surface area contributed by atoms with E-state index in [4.69, 9.17) is 10.5 Å². The number of alkyl halides is 3. The summed E-state index contributed by atoms with van der Waals surface area (Å²) in [6.45, 7) is 0. The van der Waals surface area contributed by atoms with Crippen molar-refractivity contribution < 1.29 is 17.9 Å². The maximum absolute atomic E-state index is 13.2. The van der Waals surface area contributed by atoms with Crippen molar-refractivity contribution in [1.29, 1.82) is 0 Å². The number of benzene rings is 1. The van der Waals surface area contributed by atoms with Gasteiger partial charge in [-0.3, -0.25) is 0 Å². The molecule has 0 amide bonds. The number of halogens is 3. The molecule has 1 aliphatic carbocycles. The fourth-order valence-corrected chi connectivity index (χ4v) is 2.77. The lowest BCUT2D eigenvalue weighted by Gasteiger charge is -2.35. The smallest absolute Gasteiger partial charge is 0.416 e. The first-order chi connectivity index (χ1) is 8.87. The van der Waals surface area contributed by atoms with Crippen LogP contribution < -0.4 is 10.5 Å². The van der Waals surface area contributed by atoms with Gasteiger partial charge in [0.25, 0.3) is 0 Å². The summed E-state index contributed by atoms with van der Waals surface area (Å²) in [5.41, 5.74) is 4.89. The van der Waals surface area contributed by atoms with Crippen molar-refractivity contribution in [3.05, 3.63) is 29.3 Å². The summed E-state index contributed by atoms with van der Waals surface area (Å²) < 4.78 is 44.4. The summed E-state index contributed by atoms with van der Waals surface area (Å²) in [7, 11) is 1.36. The SMILES string of the molecule is COc1ccc(C2(N)CCCCC2)c(C(F)(F)F)c1. The quantitative estimate of drug-likeness (QED) is 0.888. The number of hydrogen-bond acceptors (Lipinski definition) is 2. The summed E-state index contributed by atoms with van der Waals surface area (Å²) in [5, 5.41) is 0. The van der Waals surface area contributed by atoms with Gasteiger partial charge in [-0.2, -0.15) is 13.2 Å². The molecule has 0 spiro atoms. The number of ether oxygens (including phenoxy) is 1. The number of methoxy groups -OCH3 is 1. The number of rotatable bonds is 2. The van der Waals surface area contributed by atoms with E-state index >= 15 is 0 Å². The van der Waals surface area contributed by atoms with E-state index < -0.39 is 17.3 Å². The van der Waals surface area contributed by atoms with E-state index in [1.165, 1.54) is 13.2 Å².